The lowest BCUT2D eigenvalue weighted by Crippen LogP contribution is -2.51. The van der Waals surface area contributed by atoms with Gasteiger partial charge in [-0.05, 0) is 38.1 Å². The number of hydrogen-bond donors (Lipinski definition) is 0. The van der Waals surface area contributed by atoms with Crippen molar-refractivity contribution in [2.24, 2.45) is 0 Å². The van der Waals surface area contributed by atoms with E-state index < -0.39 is 11.8 Å². The standard InChI is InChI=1S/C22H24N2O4/c1-4-27-20-15-22(24(28-20)18-8-6-5-7-9-18)14-19(26-3)23(21(22)25)17-12-10-16(2)11-13-17/h5-14,20H,4,15H2,1-3H3. The van der Waals surface area contributed by atoms with E-state index in [2.05, 4.69) is 0 Å². The summed E-state index contributed by atoms with van der Waals surface area (Å²) in [4.78, 5) is 21.4. The number of ether oxygens (including phenoxy) is 2. The van der Waals surface area contributed by atoms with Gasteiger partial charge < -0.3 is 9.47 Å². The monoisotopic (exact) mass is 380 g/mol. The van der Waals surface area contributed by atoms with Gasteiger partial charge in [0, 0.05) is 19.1 Å². The molecule has 28 heavy (non-hydrogen) atoms. The molecule has 0 aliphatic carbocycles. The van der Waals surface area contributed by atoms with Gasteiger partial charge in [0.1, 0.15) is 0 Å². The summed E-state index contributed by atoms with van der Waals surface area (Å²) in [6.45, 7) is 4.42. The number of para-hydroxylation sites is 1. The van der Waals surface area contributed by atoms with Gasteiger partial charge in [0.05, 0.1) is 18.5 Å². The predicted molar refractivity (Wildman–Crippen MR) is 107 cm³/mol. The van der Waals surface area contributed by atoms with E-state index in [1.165, 1.54) is 0 Å². The van der Waals surface area contributed by atoms with Crippen LogP contribution in [-0.2, 0) is 19.1 Å². The van der Waals surface area contributed by atoms with Crippen LogP contribution in [0.3, 0.4) is 0 Å². The summed E-state index contributed by atoms with van der Waals surface area (Å²) in [6.07, 6.45) is 1.70. The number of aryl methyl sites for hydroxylation is 1. The zero-order valence-electron chi connectivity index (χ0n) is 16.3. The number of hydrogen-bond acceptors (Lipinski definition) is 5. The maximum Gasteiger partial charge on any atom is 0.266 e. The molecule has 2 unspecified atom stereocenters. The van der Waals surface area contributed by atoms with Gasteiger partial charge in [0.2, 0.25) is 0 Å². The zero-order chi connectivity index (χ0) is 19.7. The van der Waals surface area contributed by atoms with Gasteiger partial charge in [0.15, 0.2) is 17.7 Å². The van der Waals surface area contributed by atoms with Crippen molar-refractivity contribution in [3.63, 3.8) is 0 Å². The summed E-state index contributed by atoms with van der Waals surface area (Å²) in [5.41, 5.74) is 1.64. The van der Waals surface area contributed by atoms with E-state index in [4.69, 9.17) is 14.3 Å². The lowest BCUT2D eigenvalue weighted by molar-refractivity contribution is -0.122. The fraction of sp³-hybridized carbons (Fsp3) is 0.318. The van der Waals surface area contributed by atoms with Crippen LogP contribution in [0.25, 0.3) is 0 Å². The highest BCUT2D eigenvalue weighted by Gasteiger charge is 2.59. The normalized spacial score (nSPS) is 24.2. The van der Waals surface area contributed by atoms with Crippen molar-refractivity contribution in [1.29, 1.82) is 0 Å². The van der Waals surface area contributed by atoms with Crippen LogP contribution < -0.4 is 9.96 Å². The van der Waals surface area contributed by atoms with Crippen molar-refractivity contribution in [2.75, 3.05) is 23.7 Å². The van der Waals surface area contributed by atoms with E-state index in [0.717, 1.165) is 16.9 Å². The lowest BCUT2D eigenvalue weighted by atomic mass is 9.95. The molecule has 2 aliphatic rings. The number of amides is 1. The molecule has 2 heterocycles. The van der Waals surface area contributed by atoms with Crippen molar-refractivity contribution in [3.8, 4) is 0 Å². The number of carbonyl (C=O) groups excluding carboxylic acids is 1. The van der Waals surface area contributed by atoms with Crippen LogP contribution in [0.4, 0.5) is 11.4 Å². The number of anilines is 2. The number of rotatable bonds is 5. The third-order valence-electron chi connectivity index (χ3n) is 5.06. The molecule has 1 saturated heterocycles. The van der Waals surface area contributed by atoms with Gasteiger partial charge in [-0.15, -0.1) is 0 Å². The Balaban J connectivity index is 1.78. The lowest BCUT2D eigenvalue weighted by Gasteiger charge is -2.31. The first-order chi connectivity index (χ1) is 13.6. The first-order valence-corrected chi connectivity index (χ1v) is 9.41. The second-order valence-corrected chi connectivity index (χ2v) is 6.91. The molecule has 1 amide bonds. The smallest absolute Gasteiger partial charge is 0.266 e. The van der Waals surface area contributed by atoms with Gasteiger partial charge in [-0.3, -0.25) is 4.79 Å². The van der Waals surface area contributed by atoms with Crippen molar-refractivity contribution in [1.82, 2.24) is 0 Å². The van der Waals surface area contributed by atoms with Gasteiger partial charge in [-0.1, -0.05) is 35.9 Å². The summed E-state index contributed by atoms with van der Waals surface area (Å²) in [5, 5.41) is 1.66. The highest BCUT2D eigenvalue weighted by atomic mass is 16.8. The molecule has 2 atom stereocenters. The fourth-order valence-electron chi connectivity index (χ4n) is 3.72. The highest BCUT2D eigenvalue weighted by Crippen LogP contribution is 2.45. The van der Waals surface area contributed by atoms with Crippen LogP contribution in [0.1, 0.15) is 18.9 Å². The topological polar surface area (TPSA) is 51.2 Å². The molecule has 4 rings (SSSR count). The molecule has 146 valence electrons. The van der Waals surface area contributed by atoms with E-state index in [1.54, 1.807) is 17.1 Å². The average molecular weight is 380 g/mol. The Labute approximate surface area is 164 Å². The average Bonchev–Trinajstić information content (AvgIpc) is 3.22. The molecule has 6 nitrogen and oxygen atoms in total. The fourth-order valence-corrected chi connectivity index (χ4v) is 3.72. The van der Waals surface area contributed by atoms with Crippen molar-refractivity contribution < 1.29 is 19.1 Å². The molecule has 2 aromatic rings. The number of carbonyl (C=O) groups is 1. The minimum Gasteiger partial charge on any atom is -0.482 e. The second-order valence-electron chi connectivity index (χ2n) is 6.91. The van der Waals surface area contributed by atoms with Gasteiger partial charge >= 0.3 is 0 Å². The summed E-state index contributed by atoms with van der Waals surface area (Å²) in [5.74, 6) is 0.356. The van der Waals surface area contributed by atoms with Crippen molar-refractivity contribution >= 4 is 17.3 Å². The molecule has 6 heteroatoms. The van der Waals surface area contributed by atoms with Gasteiger partial charge in [-0.2, -0.15) is 0 Å². The Morgan fingerprint density at radius 1 is 1.11 bits per heavy atom. The van der Waals surface area contributed by atoms with Crippen LogP contribution in [0.5, 0.6) is 0 Å². The number of hydroxylamine groups is 1. The highest BCUT2D eigenvalue weighted by molar-refractivity contribution is 6.09. The minimum absolute atomic E-state index is 0.126. The predicted octanol–water partition coefficient (Wildman–Crippen LogP) is 3.77. The summed E-state index contributed by atoms with van der Waals surface area (Å²) in [7, 11) is 1.57. The van der Waals surface area contributed by atoms with E-state index in [-0.39, 0.29) is 5.91 Å². The molecular formula is C22H24N2O4. The van der Waals surface area contributed by atoms with Gasteiger partial charge in [-0.25, -0.2) is 14.8 Å². The SMILES string of the molecule is CCOC1CC2(C=C(OC)N(c3ccc(C)cc3)C2=O)N(c2ccccc2)O1. The second kappa shape index (κ2) is 7.30. The largest absolute Gasteiger partial charge is 0.482 e. The van der Waals surface area contributed by atoms with Crippen molar-refractivity contribution in [2.45, 2.75) is 32.1 Å². The summed E-state index contributed by atoms with van der Waals surface area (Å²) < 4.78 is 11.3. The number of methoxy groups -OCH3 is 1. The zero-order valence-corrected chi connectivity index (χ0v) is 16.3. The van der Waals surface area contributed by atoms with Crippen LogP contribution >= 0.6 is 0 Å². The third-order valence-corrected chi connectivity index (χ3v) is 5.06. The number of nitrogens with zero attached hydrogens (tertiary/aromatic N) is 2. The first-order valence-electron chi connectivity index (χ1n) is 9.41. The molecule has 0 radical (unpaired) electrons. The Morgan fingerprint density at radius 3 is 2.46 bits per heavy atom. The Hall–Kier alpha value is -2.83. The third kappa shape index (κ3) is 2.95. The Bertz CT molecular complexity index is 881. The van der Waals surface area contributed by atoms with E-state index >= 15 is 0 Å². The molecule has 1 fully saturated rings. The maximum absolute atomic E-state index is 13.7. The quantitative estimate of drug-likeness (QED) is 0.790. The van der Waals surface area contributed by atoms with Crippen LogP contribution in [0, 0.1) is 6.92 Å². The van der Waals surface area contributed by atoms with Crippen LogP contribution in [0.15, 0.2) is 66.6 Å². The molecule has 0 saturated carbocycles. The number of benzene rings is 2. The van der Waals surface area contributed by atoms with E-state index in [1.807, 2.05) is 74.5 Å². The molecule has 0 N–H and O–H groups in total. The maximum atomic E-state index is 13.7. The van der Waals surface area contributed by atoms with Crippen LogP contribution in [-0.4, -0.2) is 31.5 Å². The first kappa shape index (κ1) is 18.5. The molecule has 1 spiro atoms. The minimum atomic E-state index is -1.03. The van der Waals surface area contributed by atoms with E-state index in [9.17, 15) is 4.79 Å². The molecule has 2 aromatic carbocycles. The molecule has 2 aliphatic heterocycles. The molecule has 0 bridgehead atoms. The van der Waals surface area contributed by atoms with Crippen molar-refractivity contribution in [3.05, 3.63) is 72.1 Å². The van der Waals surface area contributed by atoms with E-state index in [0.29, 0.717) is 18.9 Å². The summed E-state index contributed by atoms with van der Waals surface area (Å²) in [6, 6.07) is 17.4. The molecule has 0 aromatic heterocycles. The Morgan fingerprint density at radius 2 is 1.82 bits per heavy atom. The van der Waals surface area contributed by atoms with Crippen LogP contribution in [0.2, 0.25) is 0 Å². The Kier molecular flexibility index (Phi) is 4.83. The van der Waals surface area contributed by atoms with Gasteiger partial charge in [0.25, 0.3) is 5.91 Å². The summed E-state index contributed by atoms with van der Waals surface area (Å²) >= 11 is 0. The molecular weight excluding hydrogens is 356 g/mol.